The summed E-state index contributed by atoms with van der Waals surface area (Å²) in [7, 11) is 1.00. The third-order valence-corrected chi connectivity index (χ3v) is 1.51. The lowest BCUT2D eigenvalue weighted by atomic mass is 10.1. The average Bonchev–Trinajstić information content (AvgIpc) is 2.46. The second-order valence-electron chi connectivity index (χ2n) is 2.67. The van der Waals surface area contributed by atoms with Crippen LogP contribution in [0.1, 0.15) is 58.8 Å². The fourth-order valence-electron chi connectivity index (χ4n) is 0.952. The minimum absolute atomic E-state index is 0. The summed E-state index contributed by atoms with van der Waals surface area (Å²) in [5.41, 5.74) is 0.604. The molecule has 0 atom stereocenters. The number of ketones is 2. The monoisotopic (exact) mass is 270 g/mol. The fourth-order valence-corrected chi connectivity index (χ4v) is 0.952. The molecule has 112 valence electrons. The first-order chi connectivity index (χ1) is 8.70. The average molecular weight is 270 g/mol. The standard InChI is InChI=1S/C10H10O2.2C2H6.CH4O.CH4/c1-8(11)7-10(12)9-5-3-2-4-6-9;3*1-2;/h2-6H,7H2,1H3;2*1-2H3;2H,1H3;1H4. The van der Waals surface area contributed by atoms with Gasteiger partial charge in [0.25, 0.3) is 0 Å². The molecule has 3 nitrogen and oxygen atoms in total. The molecule has 0 saturated carbocycles. The molecule has 19 heavy (non-hydrogen) atoms. The summed E-state index contributed by atoms with van der Waals surface area (Å²) in [4.78, 5) is 21.8. The van der Waals surface area contributed by atoms with Crippen LogP contribution in [-0.2, 0) is 4.79 Å². The molecule has 0 heterocycles. The van der Waals surface area contributed by atoms with E-state index in [1.807, 2.05) is 33.8 Å². The minimum Gasteiger partial charge on any atom is -0.400 e. The molecule has 0 fully saturated rings. The van der Waals surface area contributed by atoms with Crippen LogP contribution in [0.3, 0.4) is 0 Å². The summed E-state index contributed by atoms with van der Waals surface area (Å²) in [6.45, 7) is 9.42. The molecular weight excluding hydrogens is 240 g/mol. The van der Waals surface area contributed by atoms with E-state index in [0.717, 1.165) is 7.11 Å². The summed E-state index contributed by atoms with van der Waals surface area (Å²) in [6, 6.07) is 8.84. The van der Waals surface area contributed by atoms with Gasteiger partial charge in [-0.15, -0.1) is 0 Å². The largest absolute Gasteiger partial charge is 0.400 e. The van der Waals surface area contributed by atoms with E-state index in [1.54, 1.807) is 24.3 Å². The predicted octanol–water partition coefficient (Wildman–Crippen LogP) is 4.15. The second kappa shape index (κ2) is 21.8. The molecule has 1 N–H and O–H groups in total. The Morgan fingerprint density at radius 1 is 0.947 bits per heavy atom. The molecule has 0 amide bonds. The van der Waals surface area contributed by atoms with Crippen molar-refractivity contribution >= 4 is 11.6 Å². The van der Waals surface area contributed by atoms with Crippen molar-refractivity contribution in [1.82, 2.24) is 0 Å². The van der Waals surface area contributed by atoms with Gasteiger partial charge >= 0.3 is 0 Å². The number of rotatable bonds is 3. The Bertz CT molecular complexity index is 292. The Balaban J connectivity index is -0.000000142. The first-order valence-corrected chi connectivity index (χ1v) is 6.22. The van der Waals surface area contributed by atoms with Crippen molar-refractivity contribution in [3.05, 3.63) is 35.9 Å². The topological polar surface area (TPSA) is 54.4 Å². The highest BCUT2D eigenvalue weighted by atomic mass is 16.2. The third-order valence-electron chi connectivity index (χ3n) is 1.51. The van der Waals surface area contributed by atoms with Crippen molar-refractivity contribution in [2.75, 3.05) is 7.11 Å². The van der Waals surface area contributed by atoms with E-state index in [9.17, 15) is 9.59 Å². The molecule has 0 bridgehead atoms. The van der Waals surface area contributed by atoms with Crippen LogP contribution in [-0.4, -0.2) is 23.8 Å². The summed E-state index contributed by atoms with van der Waals surface area (Å²) in [5.74, 6) is -0.202. The number of carbonyl (C=O) groups is 2. The van der Waals surface area contributed by atoms with Crippen molar-refractivity contribution < 1.29 is 14.7 Å². The molecule has 1 rings (SSSR count). The Morgan fingerprint density at radius 3 is 1.63 bits per heavy atom. The lowest BCUT2D eigenvalue weighted by Crippen LogP contribution is -2.04. The zero-order chi connectivity index (χ0) is 15.0. The van der Waals surface area contributed by atoms with Crippen LogP contribution in [0, 0.1) is 0 Å². The maximum absolute atomic E-state index is 11.2. The smallest absolute Gasteiger partial charge is 0.170 e. The van der Waals surface area contributed by atoms with Crippen LogP contribution >= 0.6 is 0 Å². The summed E-state index contributed by atoms with van der Waals surface area (Å²) < 4.78 is 0. The van der Waals surface area contributed by atoms with Crippen LogP contribution in [0.4, 0.5) is 0 Å². The van der Waals surface area contributed by atoms with Gasteiger partial charge in [0, 0.05) is 12.7 Å². The van der Waals surface area contributed by atoms with E-state index >= 15 is 0 Å². The second-order valence-corrected chi connectivity index (χ2v) is 2.67. The molecule has 0 aromatic heterocycles. The summed E-state index contributed by atoms with van der Waals surface area (Å²) >= 11 is 0. The van der Waals surface area contributed by atoms with Gasteiger partial charge in [-0.1, -0.05) is 65.5 Å². The summed E-state index contributed by atoms with van der Waals surface area (Å²) in [6.07, 6.45) is 0.00398. The SMILES string of the molecule is C.CC.CC.CC(=O)CC(=O)c1ccccc1.CO. The van der Waals surface area contributed by atoms with Gasteiger partial charge in [-0.25, -0.2) is 0 Å². The van der Waals surface area contributed by atoms with Crippen LogP contribution in [0.25, 0.3) is 0 Å². The van der Waals surface area contributed by atoms with Gasteiger partial charge in [-0.2, -0.15) is 0 Å². The van der Waals surface area contributed by atoms with Gasteiger partial charge in [0.2, 0.25) is 0 Å². The van der Waals surface area contributed by atoms with E-state index in [0.29, 0.717) is 5.56 Å². The van der Waals surface area contributed by atoms with E-state index < -0.39 is 0 Å². The Kier molecular flexibility index (Phi) is 30.0. The maximum atomic E-state index is 11.2. The number of aliphatic hydroxyl groups is 1. The Labute approximate surface area is 118 Å². The molecule has 1 aromatic rings. The molecule has 0 unspecified atom stereocenters. The number of carbonyl (C=O) groups excluding carboxylic acids is 2. The van der Waals surface area contributed by atoms with E-state index in [2.05, 4.69) is 0 Å². The van der Waals surface area contributed by atoms with Crippen molar-refractivity contribution in [3.63, 3.8) is 0 Å². The van der Waals surface area contributed by atoms with Gasteiger partial charge in [0.15, 0.2) is 5.78 Å². The fraction of sp³-hybridized carbons (Fsp3) is 0.500. The van der Waals surface area contributed by atoms with Crippen LogP contribution in [0.2, 0.25) is 0 Å². The normalized spacial score (nSPS) is 6.89. The molecule has 0 aliphatic heterocycles. The Morgan fingerprint density at radius 2 is 1.32 bits per heavy atom. The zero-order valence-electron chi connectivity index (χ0n) is 12.4. The first kappa shape index (κ1) is 26.2. The molecule has 3 heteroatoms. The van der Waals surface area contributed by atoms with Gasteiger partial charge in [0.1, 0.15) is 5.78 Å². The number of benzene rings is 1. The van der Waals surface area contributed by atoms with Crippen LogP contribution < -0.4 is 0 Å². The van der Waals surface area contributed by atoms with E-state index in [4.69, 9.17) is 5.11 Å². The van der Waals surface area contributed by atoms with Gasteiger partial charge < -0.3 is 5.11 Å². The minimum atomic E-state index is -0.108. The quantitative estimate of drug-likeness (QED) is 0.663. The van der Waals surface area contributed by atoms with Crippen molar-refractivity contribution in [2.24, 2.45) is 0 Å². The number of hydrogen-bond acceptors (Lipinski definition) is 3. The molecule has 0 saturated heterocycles. The van der Waals surface area contributed by atoms with Gasteiger partial charge in [0.05, 0.1) is 6.42 Å². The van der Waals surface area contributed by atoms with Crippen LogP contribution in [0.5, 0.6) is 0 Å². The number of Topliss-reactive ketones (excluding diaryl/α,β-unsaturated/α-hetero) is 2. The zero-order valence-corrected chi connectivity index (χ0v) is 12.4. The molecule has 0 spiro atoms. The first-order valence-electron chi connectivity index (χ1n) is 6.22. The molecule has 0 aliphatic carbocycles. The molecule has 1 aromatic carbocycles. The summed E-state index contributed by atoms with van der Waals surface area (Å²) in [5, 5.41) is 7.00. The third kappa shape index (κ3) is 16.5. The molecule has 0 aliphatic rings. The lowest BCUT2D eigenvalue weighted by Gasteiger charge is -1.95. The molecular formula is C16H30O3. The highest BCUT2D eigenvalue weighted by Gasteiger charge is 2.06. The number of aliphatic hydroxyl groups excluding tert-OH is 1. The predicted molar refractivity (Wildman–Crippen MR) is 83.6 cm³/mol. The maximum Gasteiger partial charge on any atom is 0.170 e. The Hall–Kier alpha value is -1.48. The van der Waals surface area contributed by atoms with Crippen molar-refractivity contribution in [3.8, 4) is 0 Å². The van der Waals surface area contributed by atoms with E-state index in [-0.39, 0.29) is 25.4 Å². The van der Waals surface area contributed by atoms with Crippen LogP contribution in [0.15, 0.2) is 30.3 Å². The van der Waals surface area contributed by atoms with E-state index in [1.165, 1.54) is 6.92 Å². The van der Waals surface area contributed by atoms with Gasteiger partial charge in [-0.05, 0) is 6.92 Å². The molecule has 0 radical (unpaired) electrons. The highest BCUT2D eigenvalue weighted by molar-refractivity contribution is 6.07. The highest BCUT2D eigenvalue weighted by Crippen LogP contribution is 2.02. The van der Waals surface area contributed by atoms with Gasteiger partial charge in [-0.3, -0.25) is 9.59 Å². The lowest BCUT2D eigenvalue weighted by molar-refractivity contribution is -0.116. The number of hydrogen-bond donors (Lipinski definition) is 1. The van der Waals surface area contributed by atoms with Crippen molar-refractivity contribution in [2.45, 2.75) is 48.5 Å². The van der Waals surface area contributed by atoms with Crippen molar-refractivity contribution in [1.29, 1.82) is 0 Å².